The predicted octanol–water partition coefficient (Wildman–Crippen LogP) is 3.99. The Bertz CT molecular complexity index is 623. The SMILES string of the molecule is Cc1ccc(B2OC(C)(C)C(C)(C)O2)cc1.Cc1ccc(O)cc1. The van der Waals surface area contributed by atoms with Crippen molar-refractivity contribution in [3.8, 4) is 5.75 Å². The van der Waals surface area contributed by atoms with Gasteiger partial charge in [-0.1, -0.05) is 47.5 Å². The summed E-state index contributed by atoms with van der Waals surface area (Å²) < 4.78 is 11.9. The van der Waals surface area contributed by atoms with Crippen LogP contribution in [-0.4, -0.2) is 23.4 Å². The zero-order valence-electron chi connectivity index (χ0n) is 15.5. The quantitative estimate of drug-likeness (QED) is 0.805. The first-order valence-corrected chi connectivity index (χ1v) is 8.28. The Hall–Kier alpha value is -1.78. The molecule has 1 aliphatic rings. The fourth-order valence-corrected chi connectivity index (χ4v) is 2.25. The summed E-state index contributed by atoms with van der Waals surface area (Å²) in [5, 5.41) is 8.76. The molecule has 1 N–H and O–H groups in total. The Morgan fingerprint density at radius 3 is 1.46 bits per heavy atom. The van der Waals surface area contributed by atoms with E-state index in [1.807, 2.05) is 19.1 Å². The maximum atomic E-state index is 8.76. The van der Waals surface area contributed by atoms with E-state index in [0.29, 0.717) is 5.75 Å². The lowest BCUT2D eigenvalue weighted by molar-refractivity contribution is 0.00578. The highest BCUT2D eigenvalue weighted by Gasteiger charge is 2.51. The van der Waals surface area contributed by atoms with E-state index in [1.54, 1.807) is 12.1 Å². The van der Waals surface area contributed by atoms with Crippen LogP contribution in [0.1, 0.15) is 38.8 Å². The number of benzene rings is 2. The molecule has 0 saturated carbocycles. The van der Waals surface area contributed by atoms with Gasteiger partial charge in [0.2, 0.25) is 0 Å². The van der Waals surface area contributed by atoms with Crippen LogP contribution in [0.2, 0.25) is 0 Å². The van der Waals surface area contributed by atoms with E-state index in [-0.39, 0.29) is 18.3 Å². The van der Waals surface area contributed by atoms with E-state index in [2.05, 4.69) is 58.9 Å². The van der Waals surface area contributed by atoms with Crippen molar-refractivity contribution in [1.82, 2.24) is 0 Å². The van der Waals surface area contributed by atoms with E-state index in [9.17, 15) is 0 Å². The predicted molar refractivity (Wildman–Crippen MR) is 99.7 cm³/mol. The Kier molecular flexibility index (Phi) is 5.41. The Balaban J connectivity index is 0.000000219. The fourth-order valence-electron chi connectivity index (χ4n) is 2.25. The van der Waals surface area contributed by atoms with Crippen molar-refractivity contribution in [2.75, 3.05) is 0 Å². The number of rotatable bonds is 1. The topological polar surface area (TPSA) is 38.7 Å². The van der Waals surface area contributed by atoms with Crippen molar-refractivity contribution < 1.29 is 14.4 Å². The maximum Gasteiger partial charge on any atom is 0.494 e. The molecule has 1 heterocycles. The minimum Gasteiger partial charge on any atom is -0.508 e. The summed E-state index contributed by atoms with van der Waals surface area (Å²) in [7, 11) is -0.245. The molecule has 3 nitrogen and oxygen atoms in total. The standard InChI is InChI=1S/C13H19BO2.C7H8O/c1-10-6-8-11(9-7-10)14-15-12(2,3)13(4,5)16-14;1-6-2-4-7(8)5-3-6/h6-9H,1-5H3;2-5,8H,1H3. The van der Waals surface area contributed by atoms with Crippen molar-refractivity contribution >= 4 is 12.6 Å². The first kappa shape index (κ1) is 18.6. The number of hydrogen-bond donors (Lipinski definition) is 1. The highest BCUT2D eigenvalue weighted by molar-refractivity contribution is 6.62. The molecule has 2 aromatic carbocycles. The summed E-state index contributed by atoms with van der Waals surface area (Å²) >= 11 is 0. The van der Waals surface area contributed by atoms with Crippen molar-refractivity contribution in [3.63, 3.8) is 0 Å². The molecule has 0 radical (unpaired) electrons. The fraction of sp³-hybridized carbons (Fsp3) is 0.400. The van der Waals surface area contributed by atoms with Crippen molar-refractivity contribution in [1.29, 1.82) is 0 Å². The van der Waals surface area contributed by atoms with Crippen LogP contribution < -0.4 is 5.46 Å². The largest absolute Gasteiger partial charge is 0.508 e. The molecule has 1 aliphatic heterocycles. The molecule has 2 aromatic rings. The zero-order valence-corrected chi connectivity index (χ0v) is 15.5. The summed E-state index contributed by atoms with van der Waals surface area (Å²) in [5.74, 6) is 0.329. The molecule has 0 aliphatic carbocycles. The zero-order chi connectivity index (χ0) is 18.0. The molecule has 0 bridgehead atoms. The normalized spacial score (nSPS) is 18.0. The second kappa shape index (κ2) is 7.00. The van der Waals surface area contributed by atoms with Crippen LogP contribution in [0.15, 0.2) is 48.5 Å². The number of aromatic hydroxyl groups is 1. The smallest absolute Gasteiger partial charge is 0.494 e. The Morgan fingerprint density at radius 1 is 0.708 bits per heavy atom. The molecular weight excluding hydrogens is 299 g/mol. The second-order valence-corrected chi connectivity index (χ2v) is 7.33. The molecule has 0 amide bonds. The van der Waals surface area contributed by atoms with Crippen LogP contribution in [0.3, 0.4) is 0 Å². The highest BCUT2D eigenvalue weighted by atomic mass is 16.7. The van der Waals surface area contributed by atoms with E-state index >= 15 is 0 Å². The molecule has 0 aromatic heterocycles. The molecule has 1 saturated heterocycles. The van der Waals surface area contributed by atoms with Crippen LogP contribution in [0.5, 0.6) is 5.75 Å². The third-order valence-corrected chi connectivity index (χ3v) is 4.64. The third kappa shape index (κ3) is 4.40. The van der Waals surface area contributed by atoms with Crippen LogP contribution in [0.25, 0.3) is 0 Å². The van der Waals surface area contributed by atoms with Crippen molar-refractivity contribution in [2.45, 2.75) is 52.7 Å². The molecule has 4 heteroatoms. The first-order chi connectivity index (χ1) is 11.1. The third-order valence-electron chi connectivity index (χ3n) is 4.64. The number of hydrogen-bond acceptors (Lipinski definition) is 3. The van der Waals surface area contributed by atoms with Gasteiger partial charge in [-0.3, -0.25) is 0 Å². The lowest BCUT2D eigenvalue weighted by atomic mass is 9.79. The molecule has 0 atom stereocenters. The van der Waals surface area contributed by atoms with Gasteiger partial charge < -0.3 is 14.4 Å². The Morgan fingerprint density at radius 2 is 1.08 bits per heavy atom. The molecule has 0 spiro atoms. The van der Waals surface area contributed by atoms with Crippen LogP contribution in [0.4, 0.5) is 0 Å². The molecule has 0 unspecified atom stereocenters. The van der Waals surface area contributed by atoms with Gasteiger partial charge in [0.25, 0.3) is 0 Å². The maximum absolute atomic E-state index is 8.76. The van der Waals surface area contributed by atoms with Gasteiger partial charge in [0, 0.05) is 0 Å². The first-order valence-electron chi connectivity index (χ1n) is 8.28. The van der Waals surface area contributed by atoms with Gasteiger partial charge in [-0.2, -0.15) is 0 Å². The lowest BCUT2D eigenvalue weighted by Crippen LogP contribution is -2.41. The van der Waals surface area contributed by atoms with Gasteiger partial charge in [-0.15, -0.1) is 0 Å². The lowest BCUT2D eigenvalue weighted by Gasteiger charge is -2.32. The molecule has 24 heavy (non-hydrogen) atoms. The van der Waals surface area contributed by atoms with E-state index in [1.165, 1.54) is 11.1 Å². The molecule has 128 valence electrons. The summed E-state index contributed by atoms with van der Waals surface area (Å²) in [4.78, 5) is 0. The molecule has 1 fully saturated rings. The van der Waals surface area contributed by atoms with Crippen LogP contribution >= 0.6 is 0 Å². The van der Waals surface area contributed by atoms with Gasteiger partial charge >= 0.3 is 7.12 Å². The average molecular weight is 326 g/mol. The van der Waals surface area contributed by atoms with Gasteiger partial charge in [-0.25, -0.2) is 0 Å². The molecule has 3 rings (SSSR count). The number of aryl methyl sites for hydroxylation is 2. The van der Waals surface area contributed by atoms with Gasteiger partial charge in [0.15, 0.2) is 0 Å². The summed E-state index contributed by atoms with van der Waals surface area (Å²) in [5.41, 5.74) is 2.98. The summed E-state index contributed by atoms with van der Waals surface area (Å²) in [6, 6.07) is 15.4. The average Bonchev–Trinajstić information content (AvgIpc) is 2.72. The van der Waals surface area contributed by atoms with Gasteiger partial charge in [0.1, 0.15) is 5.75 Å². The van der Waals surface area contributed by atoms with E-state index in [4.69, 9.17) is 14.4 Å². The minimum atomic E-state index is -0.261. The summed E-state index contributed by atoms with van der Waals surface area (Å²) in [6.07, 6.45) is 0. The van der Waals surface area contributed by atoms with E-state index in [0.717, 1.165) is 5.46 Å². The van der Waals surface area contributed by atoms with Crippen molar-refractivity contribution in [2.24, 2.45) is 0 Å². The number of phenolic OH excluding ortho intramolecular Hbond substituents is 1. The summed E-state index contributed by atoms with van der Waals surface area (Å²) in [6.45, 7) is 12.3. The monoisotopic (exact) mass is 326 g/mol. The Labute approximate surface area is 145 Å². The highest BCUT2D eigenvalue weighted by Crippen LogP contribution is 2.36. The van der Waals surface area contributed by atoms with E-state index < -0.39 is 0 Å². The number of phenols is 1. The van der Waals surface area contributed by atoms with Crippen LogP contribution in [-0.2, 0) is 9.31 Å². The van der Waals surface area contributed by atoms with Gasteiger partial charge in [0.05, 0.1) is 11.2 Å². The second-order valence-electron chi connectivity index (χ2n) is 7.33. The minimum absolute atomic E-state index is 0.245. The van der Waals surface area contributed by atoms with Gasteiger partial charge in [-0.05, 0) is 59.1 Å². The van der Waals surface area contributed by atoms with Crippen molar-refractivity contribution in [3.05, 3.63) is 59.7 Å². The van der Waals surface area contributed by atoms with Crippen LogP contribution in [0, 0.1) is 13.8 Å². The molecular formula is C20H27BO3.